The highest BCUT2D eigenvalue weighted by atomic mass is 32.1. The lowest BCUT2D eigenvalue weighted by Crippen LogP contribution is -2.13. The normalized spacial score (nSPS) is 11.8. The number of anilines is 1. The van der Waals surface area contributed by atoms with E-state index in [1.165, 1.54) is 36.6 Å². The van der Waals surface area contributed by atoms with Gasteiger partial charge in [0.2, 0.25) is 0 Å². The largest absolute Gasteiger partial charge is 0.416 e. The van der Waals surface area contributed by atoms with Gasteiger partial charge in [-0.2, -0.15) is 13.2 Å². The molecule has 0 aliphatic carbocycles. The van der Waals surface area contributed by atoms with Crippen molar-refractivity contribution in [2.75, 3.05) is 5.32 Å². The monoisotopic (exact) mass is 328 g/mol. The fourth-order valence-corrected chi connectivity index (χ4v) is 2.67. The number of carbonyl (C=O) groups excluding carboxylic acids is 1. The smallest absolute Gasteiger partial charge is 0.321 e. The molecule has 0 spiro atoms. The summed E-state index contributed by atoms with van der Waals surface area (Å²) >= 11 is 1.24. The molecular formula is C15H15F3N2OS. The zero-order valence-corrected chi connectivity index (χ0v) is 13.1. The number of nitrogens with one attached hydrogen (secondary N) is 1. The maximum absolute atomic E-state index is 12.9. The third-order valence-corrected chi connectivity index (χ3v) is 4.34. The minimum atomic E-state index is -4.44. The first kappa shape index (κ1) is 16.5. The van der Waals surface area contributed by atoms with Crippen molar-refractivity contribution in [1.29, 1.82) is 0 Å². The highest BCUT2D eigenvalue weighted by Gasteiger charge is 2.32. The van der Waals surface area contributed by atoms with Crippen LogP contribution in [0.1, 0.15) is 45.6 Å². The predicted octanol–water partition coefficient (Wildman–Crippen LogP) is 4.85. The van der Waals surface area contributed by atoms with E-state index in [4.69, 9.17) is 0 Å². The number of alkyl halides is 3. The Balaban J connectivity index is 2.21. The van der Waals surface area contributed by atoms with Crippen molar-refractivity contribution in [3.8, 4) is 0 Å². The first-order valence-corrected chi connectivity index (χ1v) is 7.45. The van der Waals surface area contributed by atoms with E-state index in [-0.39, 0.29) is 17.2 Å². The Morgan fingerprint density at radius 2 is 2.00 bits per heavy atom. The molecule has 0 saturated heterocycles. The molecule has 1 aromatic carbocycles. The average Bonchev–Trinajstić information content (AvgIpc) is 2.89. The molecule has 7 heteroatoms. The number of thiazole rings is 1. The van der Waals surface area contributed by atoms with Crippen LogP contribution in [0.3, 0.4) is 0 Å². The standard InChI is InChI=1S/C15H15F3N2OS/c1-8(2)14-19-7-12(22-14)13(21)20-10-5-4-9(3)11(6-10)15(16,17)18/h4-8H,1-3H3,(H,20,21). The van der Waals surface area contributed by atoms with Crippen molar-refractivity contribution in [3.63, 3.8) is 0 Å². The van der Waals surface area contributed by atoms with Crippen LogP contribution in [0.2, 0.25) is 0 Å². The van der Waals surface area contributed by atoms with Crippen LogP contribution >= 0.6 is 11.3 Å². The number of aryl methyl sites for hydroxylation is 1. The summed E-state index contributed by atoms with van der Waals surface area (Å²) in [4.78, 5) is 16.6. The van der Waals surface area contributed by atoms with Crippen LogP contribution in [-0.4, -0.2) is 10.9 Å². The fourth-order valence-electron chi connectivity index (χ4n) is 1.86. The van der Waals surface area contributed by atoms with E-state index in [1.54, 1.807) is 0 Å². The molecule has 0 atom stereocenters. The maximum Gasteiger partial charge on any atom is 0.416 e. The fraction of sp³-hybridized carbons (Fsp3) is 0.333. The molecule has 3 nitrogen and oxygen atoms in total. The Labute approximate surface area is 130 Å². The van der Waals surface area contributed by atoms with Gasteiger partial charge < -0.3 is 5.32 Å². The molecule has 0 saturated carbocycles. The van der Waals surface area contributed by atoms with E-state index in [0.717, 1.165) is 11.1 Å². The lowest BCUT2D eigenvalue weighted by Gasteiger charge is -2.12. The maximum atomic E-state index is 12.9. The molecule has 118 valence electrons. The van der Waals surface area contributed by atoms with Gasteiger partial charge in [0, 0.05) is 11.6 Å². The molecule has 0 unspecified atom stereocenters. The van der Waals surface area contributed by atoms with Crippen LogP contribution in [-0.2, 0) is 6.18 Å². The number of amides is 1. The number of carbonyl (C=O) groups is 1. The van der Waals surface area contributed by atoms with E-state index in [1.807, 2.05) is 13.8 Å². The second-order valence-electron chi connectivity index (χ2n) is 5.20. The lowest BCUT2D eigenvalue weighted by molar-refractivity contribution is -0.138. The van der Waals surface area contributed by atoms with Gasteiger partial charge in [-0.15, -0.1) is 11.3 Å². The number of halogens is 3. The summed E-state index contributed by atoms with van der Waals surface area (Å²) in [5.74, 6) is -0.260. The topological polar surface area (TPSA) is 42.0 Å². The van der Waals surface area contributed by atoms with Gasteiger partial charge in [-0.3, -0.25) is 4.79 Å². The SMILES string of the molecule is Cc1ccc(NC(=O)c2cnc(C(C)C)s2)cc1C(F)(F)F. The Kier molecular flexibility index (Phi) is 4.55. The zero-order valence-electron chi connectivity index (χ0n) is 12.3. The van der Waals surface area contributed by atoms with Gasteiger partial charge in [0.25, 0.3) is 5.91 Å². The first-order valence-electron chi connectivity index (χ1n) is 6.63. The van der Waals surface area contributed by atoms with Gasteiger partial charge in [-0.1, -0.05) is 19.9 Å². The lowest BCUT2D eigenvalue weighted by atomic mass is 10.1. The van der Waals surface area contributed by atoms with Crippen molar-refractivity contribution >= 4 is 22.9 Å². The summed E-state index contributed by atoms with van der Waals surface area (Å²) in [5, 5.41) is 3.29. The molecule has 0 aliphatic rings. The van der Waals surface area contributed by atoms with E-state index < -0.39 is 17.6 Å². The molecule has 1 N–H and O–H groups in total. The highest BCUT2D eigenvalue weighted by Crippen LogP contribution is 2.33. The minimum Gasteiger partial charge on any atom is -0.321 e. The number of nitrogens with zero attached hydrogens (tertiary/aromatic N) is 1. The van der Waals surface area contributed by atoms with Crippen LogP contribution in [0.5, 0.6) is 0 Å². The van der Waals surface area contributed by atoms with Crippen molar-refractivity contribution in [1.82, 2.24) is 4.98 Å². The van der Waals surface area contributed by atoms with E-state index in [0.29, 0.717) is 4.88 Å². The predicted molar refractivity (Wildman–Crippen MR) is 80.3 cm³/mol. The van der Waals surface area contributed by atoms with Crippen molar-refractivity contribution in [2.45, 2.75) is 32.9 Å². The van der Waals surface area contributed by atoms with E-state index in [9.17, 15) is 18.0 Å². The van der Waals surface area contributed by atoms with Gasteiger partial charge in [0.05, 0.1) is 16.8 Å². The van der Waals surface area contributed by atoms with E-state index in [2.05, 4.69) is 10.3 Å². The second-order valence-corrected chi connectivity index (χ2v) is 6.26. The van der Waals surface area contributed by atoms with Crippen molar-refractivity contribution in [2.24, 2.45) is 0 Å². The second kappa shape index (κ2) is 6.08. The van der Waals surface area contributed by atoms with Gasteiger partial charge in [0.15, 0.2) is 0 Å². The Morgan fingerprint density at radius 1 is 1.32 bits per heavy atom. The molecular weight excluding hydrogens is 313 g/mol. The molecule has 0 aliphatic heterocycles. The third-order valence-electron chi connectivity index (χ3n) is 3.04. The molecule has 22 heavy (non-hydrogen) atoms. The molecule has 0 fully saturated rings. The molecule has 0 radical (unpaired) electrons. The zero-order chi connectivity index (χ0) is 16.5. The molecule has 1 heterocycles. The molecule has 0 bridgehead atoms. The number of hydrogen-bond donors (Lipinski definition) is 1. The van der Waals surface area contributed by atoms with Crippen molar-refractivity contribution < 1.29 is 18.0 Å². The Bertz CT molecular complexity index is 692. The summed E-state index contributed by atoms with van der Waals surface area (Å²) in [6, 6.07) is 3.73. The summed E-state index contributed by atoms with van der Waals surface area (Å²) in [5.41, 5.74) is -0.523. The van der Waals surface area contributed by atoms with Crippen LogP contribution < -0.4 is 5.32 Å². The van der Waals surface area contributed by atoms with Crippen molar-refractivity contribution in [3.05, 3.63) is 45.4 Å². The number of rotatable bonds is 3. The summed E-state index contributed by atoms with van der Waals surface area (Å²) in [6.45, 7) is 5.29. The highest BCUT2D eigenvalue weighted by molar-refractivity contribution is 7.13. The quantitative estimate of drug-likeness (QED) is 0.875. The van der Waals surface area contributed by atoms with Crippen LogP contribution in [0.25, 0.3) is 0 Å². The van der Waals surface area contributed by atoms with Gasteiger partial charge in [0.1, 0.15) is 4.88 Å². The number of aromatic nitrogens is 1. The summed E-state index contributed by atoms with van der Waals surface area (Å²) in [6.07, 6.45) is -3.01. The average molecular weight is 328 g/mol. The van der Waals surface area contributed by atoms with Gasteiger partial charge in [-0.05, 0) is 24.6 Å². The molecule has 2 rings (SSSR count). The number of benzene rings is 1. The Hall–Kier alpha value is -1.89. The number of hydrogen-bond acceptors (Lipinski definition) is 3. The summed E-state index contributed by atoms with van der Waals surface area (Å²) in [7, 11) is 0. The first-order chi connectivity index (χ1) is 10.2. The van der Waals surface area contributed by atoms with Crippen LogP contribution in [0, 0.1) is 6.92 Å². The minimum absolute atomic E-state index is 0.113. The third kappa shape index (κ3) is 3.65. The molecule has 1 amide bonds. The van der Waals surface area contributed by atoms with Gasteiger partial charge >= 0.3 is 6.18 Å². The van der Waals surface area contributed by atoms with Crippen LogP contribution in [0.15, 0.2) is 24.4 Å². The van der Waals surface area contributed by atoms with Crippen LogP contribution in [0.4, 0.5) is 18.9 Å². The molecule has 1 aromatic heterocycles. The molecule has 2 aromatic rings. The Morgan fingerprint density at radius 3 is 2.55 bits per heavy atom. The van der Waals surface area contributed by atoms with Gasteiger partial charge in [-0.25, -0.2) is 4.98 Å². The summed E-state index contributed by atoms with van der Waals surface area (Å²) < 4.78 is 38.6. The van der Waals surface area contributed by atoms with E-state index >= 15 is 0 Å².